The van der Waals surface area contributed by atoms with Crippen molar-refractivity contribution in [3.05, 3.63) is 0 Å². The highest BCUT2D eigenvalue weighted by molar-refractivity contribution is 7.99. The standard InChI is InChI=1S/C21H40O10S/c1-2-3-4-5-6-7-8-9-32-21-18(28)16(26)19(13(11-23)30-21)31-20-17(27)15(25)14(24)12(10-22)29-20/h12-28H,2-11H2,1H3/t12?,13?,14-,15-,16?,17?,18+,19-,20-,21+/m1/s1. The van der Waals surface area contributed by atoms with Crippen molar-refractivity contribution in [2.75, 3.05) is 19.0 Å². The van der Waals surface area contributed by atoms with Gasteiger partial charge in [-0.25, -0.2) is 0 Å². The molecular formula is C21H40O10S. The topological polar surface area (TPSA) is 169 Å². The highest BCUT2D eigenvalue weighted by atomic mass is 32.2. The van der Waals surface area contributed by atoms with Crippen molar-refractivity contribution in [2.45, 2.75) is 112 Å². The minimum absolute atomic E-state index is 0.514. The zero-order chi connectivity index (χ0) is 23.7. The summed E-state index contributed by atoms with van der Waals surface area (Å²) in [7, 11) is 0. The van der Waals surface area contributed by atoms with Crippen molar-refractivity contribution in [1.29, 1.82) is 0 Å². The van der Waals surface area contributed by atoms with Crippen LogP contribution in [0, 0.1) is 0 Å². The first-order valence-corrected chi connectivity index (χ1v) is 12.6. The second kappa shape index (κ2) is 14.4. The van der Waals surface area contributed by atoms with Crippen LogP contribution in [-0.2, 0) is 14.2 Å². The Morgan fingerprint density at radius 2 is 1.31 bits per heavy atom. The lowest BCUT2D eigenvalue weighted by Gasteiger charge is -2.46. The van der Waals surface area contributed by atoms with Gasteiger partial charge in [0.25, 0.3) is 0 Å². The predicted octanol–water partition coefficient (Wildman–Crippen LogP) is -0.906. The maximum Gasteiger partial charge on any atom is 0.187 e. The number of hydrogen-bond acceptors (Lipinski definition) is 11. The molecule has 32 heavy (non-hydrogen) atoms. The van der Waals surface area contributed by atoms with E-state index in [0.717, 1.165) is 25.0 Å². The Labute approximate surface area is 193 Å². The summed E-state index contributed by atoms with van der Waals surface area (Å²) in [5, 5.41) is 70.1. The predicted molar refractivity (Wildman–Crippen MR) is 117 cm³/mol. The van der Waals surface area contributed by atoms with Crippen molar-refractivity contribution in [3.8, 4) is 0 Å². The van der Waals surface area contributed by atoms with E-state index in [4.69, 9.17) is 14.2 Å². The average molecular weight is 485 g/mol. The Kier molecular flexibility index (Phi) is 12.7. The summed E-state index contributed by atoms with van der Waals surface area (Å²) < 4.78 is 16.6. The molecule has 2 fully saturated rings. The quantitative estimate of drug-likeness (QED) is 0.162. The first-order valence-electron chi connectivity index (χ1n) is 11.6. The molecule has 190 valence electrons. The molecule has 2 aliphatic rings. The van der Waals surface area contributed by atoms with Crippen LogP contribution >= 0.6 is 11.8 Å². The number of aliphatic hydroxyl groups is 7. The highest BCUT2D eigenvalue weighted by Crippen LogP contribution is 2.33. The van der Waals surface area contributed by atoms with Crippen LogP contribution in [0.3, 0.4) is 0 Å². The van der Waals surface area contributed by atoms with Crippen LogP contribution in [-0.4, -0.2) is 115 Å². The van der Waals surface area contributed by atoms with E-state index in [2.05, 4.69) is 6.92 Å². The van der Waals surface area contributed by atoms with Gasteiger partial charge >= 0.3 is 0 Å². The Morgan fingerprint density at radius 3 is 1.94 bits per heavy atom. The Balaban J connectivity index is 1.86. The first-order chi connectivity index (χ1) is 15.3. The Bertz CT molecular complexity index is 511. The van der Waals surface area contributed by atoms with Crippen LogP contribution in [0.2, 0.25) is 0 Å². The third-order valence-corrected chi connectivity index (χ3v) is 7.23. The molecule has 0 aliphatic carbocycles. The van der Waals surface area contributed by atoms with Crippen LogP contribution in [0.5, 0.6) is 0 Å². The molecule has 0 aromatic carbocycles. The Hall–Kier alpha value is -0.0500. The molecular weight excluding hydrogens is 444 g/mol. The molecule has 0 radical (unpaired) electrons. The van der Waals surface area contributed by atoms with Gasteiger partial charge in [0.15, 0.2) is 6.29 Å². The van der Waals surface area contributed by atoms with Crippen LogP contribution in [0.1, 0.15) is 51.9 Å². The van der Waals surface area contributed by atoms with Gasteiger partial charge in [0.2, 0.25) is 0 Å². The molecule has 10 atom stereocenters. The second-order valence-corrected chi connectivity index (χ2v) is 9.70. The SMILES string of the molecule is CCCCCCCCCS[C@@H]1OC(CO)[C@@H](O[C@H]2OC(CO)[C@@H](O)[C@@H](O)C2O)C(O)[C@@H]1O. The summed E-state index contributed by atoms with van der Waals surface area (Å²) in [6, 6.07) is 0. The molecule has 0 aromatic heterocycles. The van der Waals surface area contributed by atoms with Gasteiger partial charge in [-0.3, -0.25) is 0 Å². The fourth-order valence-corrected chi connectivity index (χ4v) is 5.13. The van der Waals surface area contributed by atoms with Crippen LogP contribution < -0.4 is 0 Å². The minimum atomic E-state index is -1.67. The van der Waals surface area contributed by atoms with Gasteiger partial charge in [-0.05, 0) is 12.2 Å². The lowest BCUT2D eigenvalue weighted by Crippen LogP contribution is -2.64. The van der Waals surface area contributed by atoms with E-state index in [0.29, 0.717) is 0 Å². The monoisotopic (exact) mass is 484 g/mol. The van der Waals surface area contributed by atoms with Crippen molar-refractivity contribution in [3.63, 3.8) is 0 Å². The molecule has 11 heteroatoms. The molecule has 0 spiro atoms. The molecule has 2 saturated heterocycles. The van der Waals surface area contributed by atoms with Gasteiger partial charge in [-0.1, -0.05) is 45.4 Å². The third-order valence-electron chi connectivity index (χ3n) is 5.99. The molecule has 0 bridgehead atoms. The maximum atomic E-state index is 10.6. The number of thioether (sulfide) groups is 1. The lowest BCUT2D eigenvalue weighted by molar-refractivity contribution is -0.338. The van der Waals surface area contributed by atoms with Crippen molar-refractivity contribution in [2.24, 2.45) is 0 Å². The Morgan fingerprint density at radius 1 is 0.688 bits per heavy atom. The highest BCUT2D eigenvalue weighted by Gasteiger charge is 2.50. The van der Waals surface area contributed by atoms with Crippen molar-refractivity contribution >= 4 is 11.8 Å². The molecule has 0 saturated carbocycles. The van der Waals surface area contributed by atoms with Gasteiger partial charge in [0.05, 0.1) is 13.2 Å². The molecule has 10 nitrogen and oxygen atoms in total. The van der Waals surface area contributed by atoms with E-state index in [-0.39, 0.29) is 0 Å². The summed E-state index contributed by atoms with van der Waals surface area (Å²) in [5.74, 6) is 0.735. The molecule has 0 aromatic rings. The summed E-state index contributed by atoms with van der Waals surface area (Å²) in [6.45, 7) is 1.04. The molecule has 4 unspecified atom stereocenters. The zero-order valence-electron chi connectivity index (χ0n) is 18.6. The first kappa shape index (κ1) is 28.2. The van der Waals surface area contributed by atoms with Crippen molar-refractivity contribution in [1.82, 2.24) is 0 Å². The van der Waals surface area contributed by atoms with Crippen LogP contribution in [0.25, 0.3) is 0 Å². The van der Waals surface area contributed by atoms with Gasteiger partial charge in [-0.2, -0.15) is 0 Å². The number of rotatable bonds is 13. The van der Waals surface area contributed by atoms with Gasteiger partial charge in [-0.15, -0.1) is 11.8 Å². The summed E-state index contributed by atoms with van der Waals surface area (Å²) >= 11 is 1.36. The van der Waals surface area contributed by atoms with E-state index in [9.17, 15) is 35.7 Å². The normalized spacial score (nSPS) is 40.5. The molecule has 2 aliphatic heterocycles. The molecule has 7 N–H and O–H groups in total. The number of aliphatic hydroxyl groups excluding tert-OH is 7. The van der Waals surface area contributed by atoms with E-state index in [1.54, 1.807) is 0 Å². The van der Waals surface area contributed by atoms with Crippen LogP contribution in [0.4, 0.5) is 0 Å². The summed E-state index contributed by atoms with van der Waals surface area (Å²) in [5.41, 5.74) is -0.753. The van der Waals surface area contributed by atoms with E-state index in [1.807, 2.05) is 0 Å². The van der Waals surface area contributed by atoms with Crippen molar-refractivity contribution < 1.29 is 50.0 Å². The largest absolute Gasteiger partial charge is 0.394 e. The number of hydrogen-bond donors (Lipinski definition) is 7. The summed E-state index contributed by atoms with van der Waals surface area (Å²) in [4.78, 5) is 0. The molecule has 2 heterocycles. The van der Waals surface area contributed by atoms with Gasteiger partial charge in [0.1, 0.15) is 54.3 Å². The minimum Gasteiger partial charge on any atom is -0.394 e. The average Bonchev–Trinajstić information content (AvgIpc) is 2.79. The van der Waals surface area contributed by atoms with E-state index < -0.39 is 73.8 Å². The third kappa shape index (κ3) is 7.47. The molecule has 0 amide bonds. The van der Waals surface area contributed by atoms with E-state index in [1.165, 1.54) is 37.4 Å². The fraction of sp³-hybridized carbons (Fsp3) is 1.00. The van der Waals surface area contributed by atoms with Gasteiger partial charge < -0.3 is 50.0 Å². The zero-order valence-corrected chi connectivity index (χ0v) is 19.4. The molecule has 2 rings (SSSR count). The van der Waals surface area contributed by atoms with Crippen LogP contribution in [0.15, 0.2) is 0 Å². The smallest absolute Gasteiger partial charge is 0.187 e. The van der Waals surface area contributed by atoms with E-state index >= 15 is 0 Å². The number of ether oxygens (including phenoxy) is 3. The summed E-state index contributed by atoms with van der Waals surface area (Å²) in [6.07, 6.45) is -4.45. The maximum absolute atomic E-state index is 10.6. The second-order valence-electron chi connectivity index (χ2n) is 8.50. The lowest BCUT2D eigenvalue weighted by atomic mass is 9.97. The number of unbranched alkanes of at least 4 members (excludes halogenated alkanes) is 6. The van der Waals surface area contributed by atoms with Gasteiger partial charge in [0, 0.05) is 0 Å². The fourth-order valence-electron chi connectivity index (χ4n) is 3.95.